The molecule has 1 aromatic rings. The average Bonchev–Trinajstić information content (AvgIpc) is 2.52. The fourth-order valence-corrected chi connectivity index (χ4v) is 2.72. The van der Waals surface area contributed by atoms with E-state index in [1.54, 1.807) is 12.4 Å². The number of aromatic nitrogens is 1. The zero-order chi connectivity index (χ0) is 15.1. The van der Waals surface area contributed by atoms with E-state index in [-0.39, 0.29) is 11.3 Å². The fourth-order valence-electron chi connectivity index (χ4n) is 2.72. The van der Waals surface area contributed by atoms with Gasteiger partial charge >= 0.3 is 0 Å². The summed E-state index contributed by atoms with van der Waals surface area (Å²) in [6.45, 7) is 4.80. The van der Waals surface area contributed by atoms with Crippen molar-refractivity contribution in [1.29, 1.82) is 5.26 Å². The second-order valence-corrected chi connectivity index (χ2v) is 5.81. The van der Waals surface area contributed by atoms with E-state index < -0.39 is 0 Å². The Hall–Kier alpha value is -1.93. The molecule has 0 aliphatic carbocycles. The molecule has 1 amide bonds. The first kappa shape index (κ1) is 15.5. The SMILES string of the molecule is CC1(C(=O)N(CCC#N)Cc2cccnc2)CCNCC1. The maximum atomic E-state index is 12.9. The van der Waals surface area contributed by atoms with Crippen molar-refractivity contribution in [2.75, 3.05) is 19.6 Å². The predicted octanol–water partition coefficient (Wildman–Crippen LogP) is 1.71. The third-order valence-corrected chi connectivity index (χ3v) is 4.10. The van der Waals surface area contributed by atoms with Gasteiger partial charge in [0.05, 0.1) is 12.5 Å². The third kappa shape index (κ3) is 4.02. The van der Waals surface area contributed by atoms with Crippen LogP contribution < -0.4 is 5.32 Å². The number of pyridine rings is 1. The van der Waals surface area contributed by atoms with Crippen LogP contribution in [0.4, 0.5) is 0 Å². The van der Waals surface area contributed by atoms with Crippen molar-refractivity contribution < 1.29 is 4.79 Å². The number of carbonyl (C=O) groups excluding carboxylic acids is 1. The van der Waals surface area contributed by atoms with Gasteiger partial charge in [-0.1, -0.05) is 13.0 Å². The largest absolute Gasteiger partial charge is 0.337 e. The summed E-state index contributed by atoms with van der Waals surface area (Å²) < 4.78 is 0. The molecule has 1 aliphatic heterocycles. The zero-order valence-corrected chi connectivity index (χ0v) is 12.5. The van der Waals surface area contributed by atoms with Crippen LogP contribution in [0, 0.1) is 16.7 Å². The molecule has 0 atom stereocenters. The van der Waals surface area contributed by atoms with Gasteiger partial charge in [0.1, 0.15) is 0 Å². The molecule has 1 aliphatic rings. The molecule has 1 aromatic heterocycles. The molecule has 5 heteroatoms. The summed E-state index contributed by atoms with van der Waals surface area (Å²) in [4.78, 5) is 18.8. The van der Waals surface area contributed by atoms with Crippen LogP contribution in [0.5, 0.6) is 0 Å². The van der Waals surface area contributed by atoms with Crippen molar-refractivity contribution in [1.82, 2.24) is 15.2 Å². The Balaban J connectivity index is 2.11. The van der Waals surface area contributed by atoms with Gasteiger partial charge in [-0.15, -0.1) is 0 Å². The first-order valence-electron chi connectivity index (χ1n) is 7.42. The predicted molar refractivity (Wildman–Crippen MR) is 80.1 cm³/mol. The van der Waals surface area contributed by atoms with E-state index >= 15 is 0 Å². The van der Waals surface area contributed by atoms with Crippen molar-refractivity contribution >= 4 is 5.91 Å². The Kier molecular flexibility index (Phi) is 5.29. The highest BCUT2D eigenvalue weighted by Gasteiger charge is 2.37. The third-order valence-electron chi connectivity index (χ3n) is 4.10. The van der Waals surface area contributed by atoms with Crippen molar-refractivity contribution in [2.24, 2.45) is 5.41 Å². The van der Waals surface area contributed by atoms with Crippen LogP contribution >= 0.6 is 0 Å². The fraction of sp³-hybridized carbons (Fsp3) is 0.562. The van der Waals surface area contributed by atoms with E-state index in [4.69, 9.17) is 5.26 Å². The Labute approximate surface area is 126 Å². The van der Waals surface area contributed by atoms with Gasteiger partial charge in [0.25, 0.3) is 0 Å². The summed E-state index contributed by atoms with van der Waals surface area (Å²) >= 11 is 0. The number of amides is 1. The standard InChI is InChI=1S/C16H22N4O/c1-16(5-9-18-10-6-16)15(21)20(11-3-7-17)13-14-4-2-8-19-12-14/h2,4,8,12,18H,3,5-6,9-11,13H2,1H3. The monoisotopic (exact) mass is 286 g/mol. The second-order valence-electron chi connectivity index (χ2n) is 5.81. The molecule has 1 fully saturated rings. The van der Waals surface area contributed by atoms with Crippen LogP contribution in [0.1, 0.15) is 31.7 Å². The molecular weight excluding hydrogens is 264 g/mol. The minimum absolute atomic E-state index is 0.156. The highest BCUT2D eigenvalue weighted by molar-refractivity contribution is 5.82. The normalized spacial score (nSPS) is 17.0. The van der Waals surface area contributed by atoms with Gasteiger partial charge in [0.15, 0.2) is 0 Å². The molecule has 0 unspecified atom stereocenters. The molecule has 21 heavy (non-hydrogen) atoms. The molecule has 0 aromatic carbocycles. The topological polar surface area (TPSA) is 69.0 Å². The van der Waals surface area contributed by atoms with Crippen LogP contribution in [0.2, 0.25) is 0 Å². The number of nitrogens with zero attached hydrogens (tertiary/aromatic N) is 3. The Morgan fingerprint density at radius 3 is 2.90 bits per heavy atom. The quantitative estimate of drug-likeness (QED) is 0.894. The molecule has 0 spiro atoms. The first-order valence-corrected chi connectivity index (χ1v) is 7.42. The van der Waals surface area contributed by atoms with Gasteiger partial charge < -0.3 is 10.2 Å². The van der Waals surface area contributed by atoms with Crippen LogP contribution in [0.15, 0.2) is 24.5 Å². The summed E-state index contributed by atoms with van der Waals surface area (Å²) in [5.74, 6) is 0.156. The molecule has 0 bridgehead atoms. The summed E-state index contributed by atoms with van der Waals surface area (Å²) in [5, 5.41) is 12.1. The Bertz CT molecular complexity index is 503. The maximum absolute atomic E-state index is 12.9. The molecule has 2 rings (SSSR count). The lowest BCUT2D eigenvalue weighted by atomic mass is 9.79. The minimum atomic E-state index is -0.317. The number of nitriles is 1. The molecular formula is C16H22N4O. The van der Waals surface area contributed by atoms with Gasteiger partial charge in [0.2, 0.25) is 5.91 Å². The molecule has 0 radical (unpaired) electrons. The number of hydrogen-bond donors (Lipinski definition) is 1. The van der Waals surface area contributed by atoms with Gasteiger partial charge in [-0.2, -0.15) is 5.26 Å². The highest BCUT2D eigenvalue weighted by atomic mass is 16.2. The van der Waals surface area contributed by atoms with Crippen molar-refractivity contribution in [3.63, 3.8) is 0 Å². The Morgan fingerprint density at radius 2 is 2.29 bits per heavy atom. The lowest BCUT2D eigenvalue weighted by Crippen LogP contribution is -2.47. The van der Waals surface area contributed by atoms with Crippen LogP contribution in [0.25, 0.3) is 0 Å². The van der Waals surface area contributed by atoms with E-state index in [2.05, 4.69) is 16.4 Å². The summed E-state index contributed by atoms with van der Waals surface area (Å²) in [5.41, 5.74) is 0.685. The van der Waals surface area contributed by atoms with E-state index in [0.717, 1.165) is 31.5 Å². The molecule has 2 heterocycles. The molecule has 5 nitrogen and oxygen atoms in total. The molecule has 1 N–H and O–H groups in total. The first-order chi connectivity index (χ1) is 10.2. The minimum Gasteiger partial charge on any atom is -0.337 e. The maximum Gasteiger partial charge on any atom is 0.228 e. The lowest BCUT2D eigenvalue weighted by Gasteiger charge is -2.37. The number of nitrogens with one attached hydrogen (secondary N) is 1. The smallest absolute Gasteiger partial charge is 0.228 e. The number of hydrogen-bond acceptors (Lipinski definition) is 4. The van der Waals surface area contributed by atoms with Gasteiger partial charge in [-0.05, 0) is 37.6 Å². The van der Waals surface area contributed by atoms with E-state index in [0.29, 0.717) is 19.5 Å². The van der Waals surface area contributed by atoms with E-state index in [1.807, 2.05) is 24.0 Å². The van der Waals surface area contributed by atoms with Crippen molar-refractivity contribution in [2.45, 2.75) is 32.7 Å². The molecule has 1 saturated heterocycles. The Morgan fingerprint density at radius 1 is 1.52 bits per heavy atom. The summed E-state index contributed by atoms with van der Waals surface area (Å²) in [6, 6.07) is 5.96. The molecule has 0 saturated carbocycles. The van der Waals surface area contributed by atoms with E-state index in [9.17, 15) is 4.79 Å². The van der Waals surface area contributed by atoms with Gasteiger partial charge in [0, 0.05) is 30.9 Å². The summed E-state index contributed by atoms with van der Waals surface area (Å²) in [7, 11) is 0. The van der Waals surface area contributed by atoms with E-state index in [1.165, 1.54) is 0 Å². The summed E-state index contributed by atoms with van der Waals surface area (Å²) in [6.07, 6.45) is 5.56. The van der Waals surface area contributed by atoms with Crippen LogP contribution in [-0.4, -0.2) is 35.4 Å². The van der Waals surface area contributed by atoms with Crippen LogP contribution in [0.3, 0.4) is 0 Å². The number of rotatable bonds is 5. The van der Waals surface area contributed by atoms with Gasteiger partial charge in [-0.25, -0.2) is 0 Å². The van der Waals surface area contributed by atoms with Crippen LogP contribution in [-0.2, 0) is 11.3 Å². The molecule has 112 valence electrons. The number of piperidine rings is 1. The van der Waals surface area contributed by atoms with Gasteiger partial charge in [-0.3, -0.25) is 9.78 Å². The second kappa shape index (κ2) is 7.19. The van der Waals surface area contributed by atoms with Crippen molar-refractivity contribution in [3.05, 3.63) is 30.1 Å². The average molecular weight is 286 g/mol. The zero-order valence-electron chi connectivity index (χ0n) is 12.5. The number of carbonyl (C=O) groups is 1. The highest BCUT2D eigenvalue weighted by Crippen LogP contribution is 2.31. The lowest BCUT2D eigenvalue weighted by molar-refractivity contribution is -0.143. The van der Waals surface area contributed by atoms with Crippen molar-refractivity contribution in [3.8, 4) is 6.07 Å².